The van der Waals surface area contributed by atoms with Crippen molar-refractivity contribution in [3.05, 3.63) is 59.4 Å². The zero-order chi connectivity index (χ0) is 12.4. The van der Waals surface area contributed by atoms with E-state index in [4.69, 9.17) is 0 Å². The zero-order valence-corrected chi connectivity index (χ0v) is 10.5. The van der Waals surface area contributed by atoms with Gasteiger partial charge in [-0.15, -0.1) is 0 Å². The Kier molecular flexibility index (Phi) is 3.28. The SMILES string of the molecule is Cc1cc(F)ccc1-c1ccc(C(C)C)cc1. The average molecular weight is 228 g/mol. The fourth-order valence-corrected chi connectivity index (χ4v) is 2.00. The Hall–Kier alpha value is -1.63. The summed E-state index contributed by atoms with van der Waals surface area (Å²) in [5.74, 6) is 0.364. The maximum atomic E-state index is 13.0. The summed E-state index contributed by atoms with van der Waals surface area (Å²) in [5, 5.41) is 0. The molecule has 0 saturated heterocycles. The number of aryl methyl sites for hydroxylation is 1. The fraction of sp³-hybridized carbons (Fsp3) is 0.250. The Bertz CT molecular complexity index is 510. The normalized spacial score (nSPS) is 10.9. The lowest BCUT2D eigenvalue weighted by atomic mass is 9.96. The van der Waals surface area contributed by atoms with E-state index in [1.54, 1.807) is 6.07 Å². The monoisotopic (exact) mass is 228 g/mol. The second-order valence-corrected chi connectivity index (χ2v) is 4.74. The predicted molar refractivity (Wildman–Crippen MR) is 70.7 cm³/mol. The van der Waals surface area contributed by atoms with Gasteiger partial charge in [-0.3, -0.25) is 0 Å². The molecule has 0 amide bonds. The first-order valence-corrected chi connectivity index (χ1v) is 5.94. The molecule has 0 bridgehead atoms. The summed E-state index contributed by atoms with van der Waals surface area (Å²) in [6, 6.07) is 13.4. The Balaban J connectivity index is 2.40. The molecule has 0 aliphatic rings. The van der Waals surface area contributed by atoms with Crippen molar-refractivity contribution in [3.63, 3.8) is 0 Å². The summed E-state index contributed by atoms with van der Waals surface area (Å²) < 4.78 is 13.0. The van der Waals surface area contributed by atoms with Crippen LogP contribution in [-0.4, -0.2) is 0 Å². The molecule has 2 aromatic carbocycles. The van der Waals surface area contributed by atoms with Gasteiger partial charge in [-0.2, -0.15) is 0 Å². The number of hydrogen-bond acceptors (Lipinski definition) is 0. The van der Waals surface area contributed by atoms with Crippen LogP contribution in [0.5, 0.6) is 0 Å². The van der Waals surface area contributed by atoms with Crippen LogP contribution in [-0.2, 0) is 0 Å². The largest absolute Gasteiger partial charge is 0.207 e. The molecular formula is C16H17F. The summed E-state index contributed by atoms with van der Waals surface area (Å²) >= 11 is 0. The van der Waals surface area contributed by atoms with Crippen LogP contribution in [0, 0.1) is 12.7 Å². The van der Waals surface area contributed by atoms with Crippen molar-refractivity contribution < 1.29 is 4.39 Å². The topological polar surface area (TPSA) is 0 Å². The van der Waals surface area contributed by atoms with Crippen LogP contribution in [0.3, 0.4) is 0 Å². The average Bonchev–Trinajstić information content (AvgIpc) is 2.29. The predicted octanol–water partition coefficient (Wildman–Crippen LogP) is 4.92. The molecule has 0 heterocycles. The minimum absolute atomic E-state index is 0.176. The van der Waals surface area contributed by atoms with Crippen LogP contribution >= 0.6 is 0 Å². The first-order chi connectivity index (χ1) is 8.08. The third-order valence-electron chi connectivity index (χ3n) is 3.08. The summed E-state index contributed by atoms with van der Waals surface area (Å²) in [5.41, 5.74) is 4.55. The van der Waals surface area contributed by atoms with Crippen LogP contribution < -0.4 is 0 Å². The molecule has 0 nitrogen and oxygen atoms in total. The molecule has 2 aromatic rings. The maximum absolute atomic E-state index is 13.0. The van der Waals surface area contributed by atoms with Crippen molar-refractivity contribution in [2.45, 2.75) is 26.7 Å². The molecule has 0 aliphatic carbocycles. The Morgan fingerprint density at radius 2 is 1.59 bits per heavy atom. The molecule has 0 saturated carbocycles. The summed E-state index contributed by atoms with van der Waals surface area (Å²) in [6.45, 7) is 6.30. The van der Waals surface area contributed by atoms with Gasteiger partial charge in [0.1, 0.15) is 5.82 Å². The summed E-state index contributed by atoms with van der Waals surface area (Å²) in [4.78, 5) is 0. The third kappa shape index (κ3) is 2.55. The number of benzene rings is 2. The molecule has 17 heavy (non-hydrogen) atoms. The van der Waals surface area contributed by atoms with Gasteiger partial charge in [0.05, 0.1) is 0 Å². The van der Waals surface area contributed by atoms with E-state index in [0.29, 0.717) is 5.92 Å². The molecule has 0 unspecified atom stereocenters. The summed E-state index contributed by atoms with van der Waals surface area (Å²) in [7, 11) is 0. The molecule has 0 aliphatic heterocycles. The van der Waals surface area contributed by atoms with Crippen LogP contribution in [0.2, 0.25) is 0 Å². The van der Waals surface area contributed by atoms with E-state index >= 15 is 0 Å². The van der Waals surface area contributed by atoms with Crippen LogP contribution in [0.4, 0.5) is 4.39 Å². The third-order valence-corrected chi connectivity index (χ3v) is 3.08. The van der Waals surface area contributed by atoms with E-state index in [1.165, 1.54) is 11.6 Å². The van der Waals surface area contributed by atoms with Gasteiger partial charge >= 0.3 is 0 Å². The van der Waals surface area contributed by atoms with Crippen LogP contribution in [0.1, 0.15) is 30.9 Å². The Morgan fingerprint density at radius 3 is 2.12 bits per heavy atom. The van der Waals surface area contributed by atoms with E-state index in [-0.39, 0.29) is 5.82 Å². The van der Waals surface area contributed by atoms with E-state index in [9.17, 15) is 4.39 Å². The lowest BCUT2D eigenvalue weighted by molar-refractivity contribution is 0.627. The highest BCUT2D eigenvalue weighted by atomic mass is 19.1. The quantitative estimate of drug-likeness (QED) is 0.684. The maximum Gasteiger partial charge on any atom is 0.123 e. The van der Waals surface area contributed by atoms with Crippen molar-refractivity contribution in [2.75, 3.05) is 0 Å². The molecule has 0 N–H and O–H groups in total. The zero-order valence-electron chi connectivity index (χ0n) is 10.5. The van der Waals surface area contributed by atoms with Gasteiger partial charge in [0, 0.05) is 0 Å². The molecule has 0 spiro atoms. The Labute approximate surface area is 102 Å². The van der Waals surface area contributed by atoms with E-state index in [0.717, 1.165) is 16.7 Å². The minimum Gasteiger partial charge on any atom is -0.207 e. The van der Waals surface area contributed by atoms with Crippen molar-refractivity contribution in [2.24, 2.45) is 0 Å². The number of rotatable bonds is 2. The smallest absolute Gasteiger partial charge is 0.123 e. The number of halogens is 1. The van der Waals surface area contributed by atoms with Gasteiger partial charge in [0.15, 0.2) is 0 Å². The summed E-state index contributed by atoms with van der Waals surface area (Å²) in [6.07, 6.45) is 0. The van der Waals surface area contributed by atoms with Crippen LogP contribution in [0.25, 0.3) is 11.1 Å². The van der Waals surface area contributed by atoms with Gasteiger partial charge in [-0.25, -0.2) is 4.39 Å². The van der Waals surface area contributed by atoms with Gasteiger partial charge in [0.2, 0.25) is 0 Å². The standard InChI is InChI=1S/C16H17F/c1-11(2)13-4-6-14(7-5-13)16-9-8-15(17)10-12(16)3/h4-11H,1-3H3. The van der Waals surface area contributed by atoms with Crippen molar-refractivity contribution in [1.29, 1.82) is 0 Å². The lowest BCUT2D eigenvalue weighted by Crippen LogP contribution is -1.88. The molecule has 0 radical (unpaired) electrons. The lowest BCUT2D eigenvalue weighted by Gasteiger charge is -2.09. The molecular weight excluding hydrogens is 211 g/mol. The highest BCUT2D eigenvalue weighted by Gasteiger charge is 2.04. The molecule has 0 aromatic heterocycles. The highest BCUT2D eigenvalue weighted by molar-refractivity contribution is 5.67. The molecule has 0 atom stereocenters. The minimum atomic E-state index is -0.176. The van der Waals surface area contributed by atoms with E-state index in [2.05, 4.69) is 38.1 Å². The van der Waals surface area contributed by atoms with Gasteiger partial charge in [-0.1, -0.05) is 44.2 Å². The molecule has 1 heteroatoms. The Morgan fingerprint density at radius 1 is 0.941 bits per heavy atom. The first kappa shape index (κ1) is 11.8. The molecule has 88 valence electrons. The van der Waals surface area contributed by atoms with Crippen LogP contribution in [0.15, 0.2) is 42.5 Å². The van der Waals surface area contributed by atoms with Gasteiger partial charge in [0.25, 0.3) is 0 Å². The second kappa shape index (κ2) is 4.70. The van der Waals surface area contributed by atoms with E-state index < -0.39 is 0 Å². The second-order valence-electron chi connectivity index (χ2n) is 4.74. The molecule has 0 fully saturated rings. The van der Waals surface area contributed by atoms with Crippen molar-refractivity contribution in [1.82, 2.24) is 0 Å². The number of hydrogen-bond donors (Lipinski definition) is 0. The fourth-order valence-electron chi connectivity index (χ4n) is 2.00. The van der Waals surface area contributed by atoms with Crippen molar-refractivity contribution >= 4 is 0 Å². The van der Waals surface area contributed by atoms with E-state index in [1.807, 2.05) is 13.0 Å². The van der Waals surface area contributed by atoms with Gasteiger partial charge < -0.3 is 0 Å². The molecule has 2 rings (SSSR count). The first-order valence-electron chi connectivity index (χ1n) is 5.94. The van der Waals surface area contributed by atoms with Gasteiger partial charge in [-0.05, 0) is 47.2 Å². The van der Waals surface area contributed by atoms with Crippen molar-refractivity contribution in [3.8, 4) is 11.1 Å². The highest BCUT2D eigenvalue weighted by Crippen LogP contribution is 2.25.